The highest BCUT2D eigenvalue weighted by Crippen LogP contribution is 2.04. The average molecular weight is 215 g/mol. The minimum absolute atomic E-state index is 0.654. The second-order valence-corrected chi connectivity index (χ2v) is 3.63. The van der Waals surface area contributed by atoms with Gasteiger partial charge < -0.3 is 10.2 Å². The molecule has 0 spiro atoms. The molecule has 0 saturated heterocycles. The third-order valence-electron chi connectivity index (χ3n) is 2.28. The van der Waals surface area contributed by atoms with Crippen LogP contribution in [0.1, 0.15) is 45.4 Å². The Morgan fingerprint density at radius 2 is 2.00 bits per heavy atom. The Bertz CT molecular complexity index is 160. The van der Waals surface area contributed by atoms with E-state index in [1.807, 2.05) is 0 Å². The number of rotatable bonds is 9. The van der Waals surface area contributed by atoms with E-state index in [0.29, 0.717) is 13.2 Å². The van der Waals surface area contributed by atoms with Crippen LogP contribution in [-0.2, 0) is 4.74 Å². The van der Waals surface area contributed by atoms with Crippen molar-refractivity contribution in [3.05, 3.63) is 0 Å². The van der Waals surface area contributed by atoms with Gasteiger partial charge in [0.1, 0.15) is 5.84 Å². The maximum atomic E-state index is 5.37. The molecule has 0 fully saturated rings. The van der Waals surface area contributed by atoms with E-state index < -0.39 is 0 Å². The average Bonchev–Trinajstić information content (AvgIpc) is 2.26. The summed E-state index contributed by atoms with van der Waals surface area (Å²) in [7, 11) is 1.68. The maximum absolute atomic E-state index is 5.37. The molecule has 0 unspecified atom stereocenters. The number of aliphatic imine (C=N–C) groups is 1. The summed E-state index contributed by atoms with van der Waals surface area (Å²) < 4.78 is 4.92. The minimum Gasteiger partial charge on any atom is -0.383 e. The lowest BCUT2D eigenvalue weighted by Gasteiger charge is -2.05. The summed E-state index contributed by atoms with van der Waals surface area (Å²) in [6, 6.07) is 0. The maximum Gasteiger partial charge on any atom is 0.110 e. The summed E-state index contributed by atoms with van der Waals surface area (Å²) in [6.45, 7) is 3.56. The van der Waals surface area contributed by atoms with Crippen LogP contribution in [0, 0.1) is 0 Å². The highest BCUT2D eigenvalue weighted by atomic mass is 16.5. The van der Waals surface area contributed by atoms with Crippen molar-refractivity contribution < 1.29 is 4.74 Å². The topological polar surface area (TPSA) is 59.6 Å². The third-order valence-corrected chi connectivity index (χ3v) is 2.28. The van der Waals surface area contributed by atoms with Gasteiger partial charge in [0.2, 0.25) is 0 Å². The van der Waals surface area contributed by atoms with Crippen LogP contribution in [0.5, 0.6) is 0 Å². The van der Waals surface area contributed by atoms with Crippen molar-refractivity contribution in [1.29, 1.82) is 0 Å². The molecule has 3 N–H and O–H groups in total. The lowest BCUT2D eigenvalue weighted by Crippen LogP contribution is -2.30. The van der Waals surface area contributed by atoms with E-state index in [9.17, 15) is 0 Å². The van der Waals surface area contributed by atoms with Gasteiger partial charge in [-0.05, 0) is 6.42 Å². The first-order valence-corrected chi connectivity index (χ1v) is 5.84. The van der Waals surface area contributed by atoms with Crippen LogP contribution in [-0.4, -0.2) is 26.1 Å². The SMILES string of the molecule is CCCCCCCC(=NCCOC)NN. The first kappa shape index (κ1) is 14.4. The van der Waals surface area contributed by atoms with Gasteiger partial charge in [-0.15, -0.1) is 0 Å². The third kappa shape index (κ3) is 9.69. The summed E-state index contributed by atoms with van der Waals surface area (Å²) in [5, 5.41) is 0. The Labute approximate surface area is 93.3 Å². The molecule has 0 amide bonds. The van der Waals surface area contributed by atoms with Crippen LogP contribution in [0.4, 0.5) is 0 Å². The van der Waals surface area contributed by atoms with Crippen molar-refractivity contribution in [3.8, 4) is 0 Å². The van der Waals surface area contributed by atoms with Crippen LogP contribution in [0.3, 0.4) is 0 Å². The number of hydrogen-bond donors (Lipinski definition) is 2. The highest BCUT2D eigenvalue weighted by molar-refractivity contribution is 5.81. The molecule has 0 bridgehead atoms. The van der Waals surface area contributed by atoms with Gasteiger partial charge in [0.25, 0.3) is 0 Å². The number of hydrazine groups is 1. The molecule has 4 heteroatoms. The Morgan fingerprint density at radius 3 is 2.60 bits per heavy atom. The van der Waals surface area contributed by atoms with Crippen LogP contribution in [0.25, 0.3) is 0 Å². The monoisotopic (exact) mass is 215 g/mol. The number of ether oxygens (including phenoxy) is 1. The summed E-state index contributed by atoms with van der Waals surface area (Å²) in [6.07, 6.45) is 7.29. The summed E-state index contributed by atoms with van der Waals surface area (Å²) in [5.41, 5.74) is 2.65. The zero-order valence-electron chi connectivity index (χ0n) is 10.1. The van der Waals surface area contributed by atoms with Gasteiger partial charge in [0.05, 0.1) is 13.2 Å². The van der Waals surface area contributed by atoms with Crippen LogP contribution >= 0.6 is 0 Å². The van der Waals surface area contributed by atoms with Gasteiger partial charge >= 0.3 is 0 Å². The predicted molar refractivity (Wildman–Crippen MR) is 64.9 cm³/mol. The molecule has 0 atom stereocenters. The van der Waals surface area contributed by atoms with Crippen molar-refractivity contribution in [2.45, 2.75) is 45.4 Å². The van der Waals surface area contributed by atoms with E-state index >= 15 is 0 Å². The molecular weight excluding hydrogens is 190 g/mol. The van der Waals surface area contributed by atoms with Crippen LogP contribution < -0.4 is 11.3 Å². The van der Waals surface area contributed by atoms with Crippen molar-refractivity contribution in [2.75, 3.05) is 20.3 Å². The van der Waals surface area contributed by atoms with Crippen molar-refractivity contribution in [2.24, 2.45) is 10.8 Å². The smallest absolute Gasteiger partial charge is 0.110 e. The van der Waals surface area contributed by atoms with E-state index in [2.05, 4.69) is 17.3 Å². The van der Waals surface area contributed by atoms with Gasteiger partial charge in [-0.2, -0.15) is 0 Å². The minimum atomic E-state index is 0.654. The van der Waals surface area contributed by atoms with Gasteiger partial charge in [0.15, 0.2) is 0 Å². The van der Waals surface area contributed by atoms with Crippen LogP contribution in [0.15, 0.2) is 4.99 Å². The Balaban J connectivity index is 3.47. The van der Waals surface area contributed by atoms with E-state index in [-0.39, 0.29) is 0 Å². The Hall–Kier alpha value is -0.610. The lowest BCUT2D eigenvalue weighted by molar-refractivity contribution is 0.208. The first-order chi connectivity index (χ1) is 7.35. The molecule has 0 aromatic rings. The van der Waals surface area contributed by atoms with Crippen molar-refractivity contribution in [3.63, 3.8) is 0 Å². The van der Waals surface area contributed by atoms with Gasteiger partial charge in [-0.1, -0.05) is 32.6 Å². The van der Waals surface area contributed by atoms with Gasteiger partial charge in [-0.3, -0.25) is 4.99 Å². The zero-order valence-corrected chi connectivity index (χ0v) is 10.1. The number of methoxy groups -OCH3 is 1. The highest BCUT2D eigenvalue weighted by Gasteiger charge is 1.96. The molecule has 15 heavy (non-hydrogen) atoms. The van der Waals surface area contributed by atoms with Gasteiger partial charge in [-0.25, -0.2) is 5.84 Å². The van der Waals surface area contributed by atoms with Crippen molar-refractivity contribution >= 4 is 5.84 Å². The molecule has 0 aliphatic carbocycles. The Morgan fingerprint density at radius 1 is 1.27 bits per heavy atom. The Kier molecular flexibility index (Phi) is 11.0. The molecule has 0 saturated carbocycles. The fraction of sp³-hybridized carbons (Fsp3) is 0.909. The second-order valence-electron chi connectivity index (χ2n) is 3.63. The molecule has 0 aliphatic heterocycles. The molecular formula is C11H25N3O. The van der Waals surface area contributed by atoms with Gasteiger partial charge in [0, 0.05) is 13.5 Å². The number of nitrogens with zero attached hydrogens (tertiary/aromatic N) is 1. The summed E-state index contributed by atoms with van der Waals surface area (Å²) in [5.74, 6) is 6.27. The summed E-state index contributed by atoms with van der Waals surface area (Å²) in [4.78, 5) is 4.31. The van der Waals surface area contributed by atoms with Crippen molar-refractivity contribution in [1.82, 2.24) is 5.43 Å². The van der Waals surface area contributed by atoms with E-state index in [1.54, 1.807) is 7.11 Å². The predicted octanol–water partition coefficient (Wildman–Crippen LogP) is 1.86. The fourth-order valence-corrected chi connectivity index (χ4v) is 1.36. The molecule has 0 rings (SSSR count). The second kappa shape index (κ2) is 11.5. The normalized spacial score (nSPS) is 11.8. The number of hydrogen-bond acceptors (Lipinski definition) is 3. The summed E-state index contributed by atoms with van der Waals surface area (Å²) >= 11 is 0. The molecule has 0 aromatic heterocycles. The number of nitrogens with one attached hydrogen (secondary N) is 1. The number of amidine groups is 1. The first-order valence-electron chi connectivity index (χ1n) is 5.84. The molecule has 0 radical (unpaired) electrons. The van der Waals surface area contributed by atoms with Crippen LogP contribution in [0.2, 0.25) is 0 Å². The largest absolute Gasteiger partial charge is 0.383 e. The van der Waals surface area contributed by atoms with E-state index in [1.165, 1.54) is 25.7 Å². The molecule has 90 valence electrons. The molecule has 0 aliphatic rings. The fourth-order valence-electron chi connectivity index (χ4n) is 1.36. The van der Waals surface area contributed by atoms with E-state index in [0.717, 1.165) is 18.7 Å². The quantitative estimate of drug-likeness (QED) is 0.203. The molecule has 0 aromatic carbocycles. The number of unbranched alkanes of at least 4 members (excludes halogenated alkanes) is 4. The lowest BCUT2D eigenvalue weighted by atomic mass is 10.1. The van der Waals surface area contributed by atoms with E-state index in [4.69, 9.17) is 10.6 Å². The zero-order chi connectivity index (χ0) is 11.4. The standard InChI is InChI=1S/C11H25N3O/c1-3-4-5-6-7-8-11(14-12)13-9-10-15-2/h3-10,12H2,1-2H3,(H,13,14). The molecule has 4 nitrogen and oxygen atoms in total. The molecule has 0 heterocycles. The number of nitrogens with two attached hydrogens (primary N) is 1.